The van der Waals surface area contributed by atoms with Gasteiger partial charge in [0.05, 0.1) is 5.69 Å². The standard InChI is InChI=1S/C18H19N3/c1-3-6-16-20-17(12(2)18(19)21-16)15-10-9-13-7-4-5-8-14(13)11-15/h4-5,7-11H,3,6H2,1-2H3,(H2,19,20,21). The summed E-state index contributed by atoms with van der Waals surface area (Å²) in [5, 5.41) is 2.44. The molecule has 2 N–H and O–H groups in total. The Morgan fingerprint density at radius 3 is 2.52 bits per heavy atom. The first kappa shape index (κ1) is 13.6. The lowest BCUT2D eigenvalue weighted by Gasteiger charge is -2.10. The van der Waals surface area contributed by atoms with Gasteiger partial charge in [-0.15, -0.1) is 0 Å². The second kappa shape index (κ2) is 5.52. The van der Waals surface area contributed by atoms with Gasteiger partial charge in [0.15, 0.2) is 0 Å². The summed E-state index contributed by atoms with van der Waals surface area (Å²) >= 11 is 0. The van der Waals surface area contributed by atoms with Crippen LogP contribution < -0.4 is 5.73 Å². The summed E-state index contributed by atoms with van der Waals surface area (Å²) in [5.41, 5.74) is 9.04. The Kier molecular flexibility index (Phi) is 3.57. The van der Waals surface area contributed by atoms with Crippen LogP contribution in [0.2, 0.25) is 0 Å². The Labute approximate surface area is 124 Å². The highest BCUT2D eigenvalue weighted by Crippen LogP contribution is 2.27. The van der Waals surface area contributed by atoms with Gasteiger partial charge in [-0.1, -0.05) is 43.3 Å². The second-order valence-corrected chi connectivity index (χ2v) is 5.31. The molecule has 0 atom stereocenters. The number of nitrogens with zero attached hydrogens (tertiary/aromatic N) is 2. The summed E-state index contributed by atoms with van der Waals surface area (Å²) in [5.74, 6) is 1.40. The zero-order valence-corrected chi connectivity index (χ0v) is 12.4. The third kappa shape index (κ3) is 2.59. The molecular weight excluding hydrogens is 258 g/mol. The number of aromatic nitrogens is 2. The molecule has 3 heteroatoms. The fourth-order valence-corrected chi connectivity index (χ4v) is 2.54. The van der Waals surface area contributed by atoms with E-state index in [4.69, 9.17) is 10.7 Å². The molecule has 0 saturated heterocycles. The Hall–Kier alpha value is -2.42. The van der Waals surface area contributed by atoms with Crippen molar-refractivity contribution in [1.82, 2.24) is 9.97 Å². The third-order valence-electron chi connectivity index (χ3n) is 3.73. The Balaban J connectivity index is 2.16. The van der Waals surface area contributed by atoms with Gasteiger partial charge in [0.25, 0.3) is 0 Å². The maximum absolute atomic E-state index is 6.05. The highest BCUT2D eigenvalue weighted by molar-refractivity contribution is 5.87. The highest BCUT2D eigenvalue weighted by atomic mass is 15.0. The van der Waals surface area contributed by atoms with E-state index >= 15 is 0 Å². The van der Waals surface area contributed by atoms with E-state index in [0.717, 1.165) is 35.5 Å². The molecule has 2 aromatic carbocycles. The molecule has 0 saturated carbocycles. The molecule has 0 amide bonds. The van der Waals surface area contributed by atoms with Crippen LogP contribution in [0.1, 0.15) is 24.7 Å². The molecule has 0 radical (unpaired) electrons. The van der Waals surface area contributed by atoms with Crippen LogP contribution in [0.3, 0.4) is 0 Å². The van der Waals surface area contributed by atoms with Crippen molar-refractivity contribution in [2.45, 2.75) is 26.7 Å². The lowest BCUT2D eigenvalue weighted by atomic mass is 10.0. The van der Waals surface area contributed by atoms with E-state index in [0.29, 0.717) is 5.82 Å². The van der Waals surface area contributed by atoms with E-state index in [-0.39, 0.29) is 0 Å². The number of rotatable bonds is 3. The van der Waals surface area contributed by atoms with Gasteiger partial charge in [-0.25, -0.2) is 9.97 Å². The molecule has 0 spiro atoms. The highest BCUT2D eigenvalue weighted by Gasteiger charge is 2.11. The SMILES string of the molecule is CCCc1nc(N)c(C)c(-c2ccc3ccccc3c2)n1. The van der Waals surface area contributed by atoms with Crippen molar-refractivity contribution in [3.8, 4) is 11.3 Å². The van der Waals surface area contributed by atoms with Crippen LogP contribution >= 0.6 is 0 Å². The molecular formula is C18H19N3. The molecule has 0 bridgehead atoms. The largest absolute Gasteiger partial charge is 0.383 e. The van der Waals surface area contributed by atoms with Gasteiger partial charge < -0.3 is 5.73 Å². The van der Waals surface area contributed by atoms with Gasteiger partial charge in [0.1, 0.15) is 11.6 Å². The third-order valence-corrected chi connectivity index (χ3v) is 3.73. The van der Waals surface area contributed by atoms with E-state index in [9.17, 15) is 0 Å². The molecule has 3 rings (SSSR count). The van der Waals surface area contributed by atoms with Crippen molar-refractivity contribution in [3.05, 3.63) is 53.9 Å². The Bertz CT molecular complexity index is 794. The molecule has 21 heavy (non-hydrogen) atoms. The van der Waals surface area contributed by atoms with Crippen LogP contribution in [-0.2, 0) is 6.42 Å². The first-order valence-corrected chi connectivity index (χ1v) is 7.31. The summed E-state index contributed by atoms with van der Waals surface area (Å²) in [6.45, 7) is 4.10. The summed E-state index contributed by atoms with van der Waals surface area (Å²) in [6, 6.07) is 14.7. The average molecular weight is 277 g/mol. The second-order valence-electron chi connectivity index (χ2n) is 5.31. The van der Waals surface area contributed by atoms with Gasteiger partial charge in [0, 0.05) is 17.5 Å². The van der Waals surface area contributed by atoms with Gasteiger partial charge in [0.2, 0.25) is 0 Å². The quantitative estimate of drug-likeness (QED) is 0.782. The summed E-state index contributed by atoms with van der Waals surface area (Å²) < 4.78 is 0. The minimum absolute atomic E-state index is 0.580. The van der Waals surface area contributed by atoms with Crippen molar-refractivity contribution in [2.75, 3.05) is 5.73 Å². The van der Waals surface area contributed by atoms with Crippen molar-refractivity contribution < 1.29 is 0 Å². The van der Waals surface area contributed by atoms with Crippen molar-refractivity contribution in [2.24, 2.45) is 0 Å². The maximum Gasteiger partial charge on any atom is 0.131 e. The Morgan fingerprint density at radius 2 is 1.76 bits per heavy atom. The maximum atomic E-state index is 6.05. The Morgan fingerprint density at radius 1 is 1.00 bits per heavy atom. The van der Waals surface area contributed by atoms with E-state index < -0.39 is 0 Å². The predicted molar refractivity (Wildman–Crippen MR) is 88.1 cm³/mol. The predicted octanol–water partition coefficient (Wildman–Crippen LogP) is 4.14. The van der Waals surface area contributed by atoms with Crippen molar-refractivity contribution in [1.29, 1.82) is 0 Å². The van der Waals surface area contributed by atoms with Crippen LogP contribution in [0.25, 0.3) is 22.0 Å². The lowest BCUT2D eigenvalue weighted by molar-refractivity contribution is 0.836. The van der Waals surface area contributed by atoms with Gasteiger partial charge in [-0.2, -0.15) is 0 Å². The van der Waals surface area contributed by atoms with E-state index in [2.05, 4.69) is 54.4 Å². The van der Waals surface area contributed by atoms with Gasteiger partial charge in [-0.3, -0.25) is 0 Å². The number of anilines is 1. The molecule has 1 aromatic heterocycles. The fraction of sp³-hybridized carbons (Fsp3) is 0.222. The molecule has 106 valence electrons. The molecule has 0 fully saturated rings. The van der Waals surface area contributed by atoms with E-state index in [1.165, 1.54) is 10.8 Å². The number of nitrogen functional groups attached to an aromatic ring is 1. The van der Waals surface area contributed by atoms with Crippen molar-refractivity contribution in [3.63, 3.8) is 0 Å². The smallest absolute Gasteiger partial charge is 0.131 e. The minimum Gasteiger partial charge on any atom is -0.383 e. The van der Waals surface area contributed by atoms with Crippen molar-refractivity contribution >= 4 is 16.6 Å². The zero-order chi connectivity index (χ0) is 14.8. The number of aryl methyl sites for hydroxylation is 1. The molecule has 0 aliphatic heterocycles. The topological polar surface area (TPSA) is 51.8 Å². The zero-order valence-electron chi connectivity index (χ0n) is 12.4. The molecule has 0 aliphatic rings. The van der Waals surface area contributed by atoms with Gasteiger partial charge in [-0.05, 0) is 30.2 Å². The van der Waals surface area contributed by atoms with Crippen LogP contribution in [-0.4, -0.2) is 9.97 Å². The molecule has 3 aromatic rings. The average Bonchev–Trinajstić information content (AvgIpc) is 2.50. The summed E-state index contributed by atoms with van der Waals surface area (Å²) in [7, 11) is 0. The fourth-order valence-electron chi connectivity index (χ4n) is 2.54. The number of benzene rings is 2. The number of fused-ring (bicyclic) bond motifs is 1. The first-order valence-electron chi connectivity index (χ1n) is 7.31. The number of hydrogen-bond acceptors (Lipinski definition) is 3. The van der Waals surface area contributed by atoms with E-state index in [1.807, 2.05) is 6.92 Å². The van der Waals surface area contributed by atoms with Gasteiger partial charge >= 0.3 is 0 Å². The van der Waals surface area contributed by atoms with E-state index in [1.54, 1.807) is 0 Å². The number of hydrogen-bond donors (Lipinski definition) is 1. The van der Waals surface area contributed by atoms with Crippen LogP contribution in [0.15, 0.2) is 42.5 Å². The molecule has 0 unspecified atom stereocenters. The molecule has 0 aliphatic carbocycles. The minimum atomic E-state index is 0.580. The lowest BCUT2D eigenvalue weighted by Crippen LogP contribution is -2.04. The molecule has 3 nitrogen and oxygen atoms in total. The van der Waals surface area contributed by atoms with Crippen LogP contribution in [0.4, 0.5) is 5.82 Å². The normalized spacial score (nSPS) is 11.0. The summed E-state index contributed by atoms with van der Waals surface area (Å²) in [4.78, 5) is 9.09. The van der Waals surface area contributed by atoms with Crippen LogP contribution in [0, 0.1) is 6.92 Å². The van der Waals surface area contributed by atoms with Crippen LogP contribution in [0.5, 0.6) is 0 Å². The monoisotopic (exact) mass is 277 g/mol. The summed E-state index contributed by atoms with van der Waals surface area (Å²) in [6.07, 6.45) is 1.87. The number of nitrogens with two attached hydrogens (primary N) is 1. The first-order chi connectivity index (χ1) is 10.2. The molecule has 1 heterocycles.